The summed E-state index contributed by atoms with van der Waals surface area (Å²) in [6.45, 7) is 8.33. The van der Waals surface area contributed by atoms with Gasteiger partial charge in [0.2, 0.25) is 0 Å². The van der Waals surface area contributed by atoms with Crippen molar-refractivity contribution < 1.29 is 0 Å². The van der Waals surface area contributed by atoms with Crippen LogP contribution in [0.2, 0.25) is 0 Å². The minimum Gasteiger partial charge on any atom is -0.314 e. The Morgan fingerprint density at radius 3 is 2.43 bits per heavy atom. The Bertz CT molecular complexity index is 193. The van der Waals surface area contributed by atoms with Crippen molar-refractivity contribution in [3.8, 4) is 0 Å². The lowest BCUT2D eigenvalue weighted by atomic mass is 9.76. The molecular formula is C13H25N. The van der Waals surface area contributed by atoms with Gasteiger partial charge in [-0.1, -0.05) is 27.2 Å². The molecule has 82 valence electrons. The van der Waals surface area contributed by atoms with Crippen LogP contribution in [-0.4, -0.2) is 12.6 Å². The minimum absolute atomic E-state index is 0.593. The van der Waals surface area contributed by atoms with Crippen LogP contribution in [0.5, 0.6) is 0 Å². The van der Waals surface area contributed by atoms with Gasteiger partial charge in [-0.2, -0.15) is 0 Å². The second-order valence-corrected chi connectivity index (χ2v) is 5.91. The third-order valence-corrected chi connectivity index (χ3v) is 4.34. The van der Waals surface area contributed by atoms with Crippen molar-refractivity contribution in [2.75, 3.05) is 6.54 Å². The van der Waals surface area contributed by atoms with Gasteiger partial charge in [0, 0.05) is 6.04 Å². The lowest BCUT2D eigenvalue weighted by Gasteiger charge is -2.35. The van der Waals surface area contributed by atoms with Crippen molar-refractivity contribution in [2.24, 2.45) is 17.3 Å². The Morgan fingerprint density at radius 1 is 1.29 bits per heavy atom. The maximum absolute atomic E-state index is 3.74. The number of hydrogen-bond donors (Lipinski definition) is 1. The van der Waals surface area contributed by atoms with E-state index in [9.17, 15) is 0 Å². The van der Waals surface area contributed by atoms with Crippen molar-refractivity contribution in [3.05, 3.63) is 0 Å². The Balaban J connectivity index is 2.02. The van der Waals surface area contributed by atoms with Gasteiger partial charge in [-0.25, -0.2) is 0 Å². The maximum atomic E-state index is 3.74. The summed E-state index contributed by atoms with van der Waals surface area (Å²) >= 11 is 0. The van der Waals surface area contributed by atoms with E-state index in [4.69, 9.17) is 0 Å². The Kier molecular flexibility index (Phi) is 2.88. The molecule has 2 unspecified atom stereocenters. The molecule has 2 rings (SSSR count). The van der Waals surface area contributed by atoms with E-state index in [1.54, 1.807) is 0 Å². The molecule has 0 aromatic heterocycles. The summed E-state index contributed by atoms with van der Waals surface area (Å²) in [6, 6.07) is 0.831. The molecule has 0 spiro atoms. The molecule has 0 aliphatic heterocycles. The largest absolute Gasteiger partial charge is 0.314 e. The van der Waals surface area contributed by atoms with Gasteiger partial charge in [0.25, 0.3) is 0 Å². The van der Waals surface area contributed by atoms with E-state index in [0.29, 0.717) is 5.41 Å². The zero-order valence-electron chi connectivity index (χ0n) is 9.97. The van der Waals surface area contributed by atoms with E-state index in [0.717, 1.165) is 24.4 Å². The molecule has 2 fully saturated rings. The van der Waals surface area contributed by atoms with Gasteiger partial charge in [-0.3, -0.25) is 0 Å². The molecule has 1 N–H and O–H groups in total. The summed E-state index contributed by atoms with van der Waals surface area (Å²) in [7, 11) is 0. The van der Waals surface area contributed by atoms with E-state index < -0.39 is 0 Å². The van der Waals surface area contributed by atoms with Crippen LogP contribution >= 0.6 is 0 Å². The fourth-order valence-electron chi connectivity index (χ4n) is 3.35. The van der Waals surface area contributed by atoms with E-state index in [2.05, 4.69) is 26.1 Å². The summed E-state index contributed by atoms with van der Waals surface area (Å²) in [5.41, 5.74) is 0.593. The number of nitrogens with one attached hydrogen (secondary N) is 1. The summed E-state index contributed by atoms with van der Waals surface area (Å²) < 4.78 is 0. The zero-order chi connectivity index (χ0) is 10.2. The van der Waals surface area contributed by atoms with Crippen LogP contribution in [0.25, 0.3) is 0 Å². The van der Waals surface area contributed by atoms with Crippen LogP contribution in [-0.2, 0) is 0 Å². The predicted molar refractivity (Wildman–Crippen MR) is 61.3 cm³/mol. The first-order chi connectivity index (χ1) is 6.65. The number of hydrogen-bond acceptors (Lipinski definition) is 1. The van der Waals surface area contributed by atoms with E-state index in [-0.39, 0.29) is 0 Å². The van der Waals surface area contributed by atoms with Crippen LogP contribution in [0, 0.1) is 17.3 Å². The first-order valence-corrected chi connectivity index (χ1v) is 6.38. The Labute approximate surface area is 88.7 Å². The highest BCUT2D eigenvalue weighted by Gasteiger charge is 2.44. The highest BCUT2D eigenvalue weighted by molar-refractivity contribution is 4.98. The fourth-order valence-corrected chi connectivity index (χ4v) is 3.35. The first kappa shape index (κ1) is 10.5. The molecule has 0 amide bonds. The molecule has 2 atom stereocenters. The van der Waals surface area contributed by atoms with Gasteiger partial charge in [0.15, 0.2) is 0 Å². The first-order valence-electron chi connectivity index (χ1n) is 6.38. The van der Waals surface area contributed by atoms with Crippen molar-refractivity contribution in [2.45, 2.75) is 58.9 Å². The predicted octanol–water partition coefficient (Wildman–Crippen LogP) is 3.20. The molecule has 0 aromatic carbocycles. The van der Waals surface area contributed by atoms with Crippen molar-refractivity contribution >= 4 is 0 Å². The summed E-state index contributed by atoms with van der Waals surface area (Å²) in [4.78, 5) is 0. The van der Waals surface area contributed by atoms with Crippen LogP contribution in [0.1, 0.15) is 52.9 Å². The molecule has 0 heterocycles. The van der Waals surface area contributed by atoms with Gasteiger partial charge in [-0.05, 0) is 49.5 Å². The van der Waals surface area contributed by atoms with Gasteiger partial charge < -0.3 is 5.32 Å². The molecule has 2 aliphatic rings. The molecule has 2 saturated carbocycles. The Hall–Kier alpha value is -0.0400. The maximum Gasteiger partial charge on any atom is 0.0129 e. The van der Waals surface area contributed by atoms with Crippen LogP contribution in [0.4, 0.5) is 0 Å². The van der Waals surface area contributed by atoms with E-state index in [1.807, 2.05) is 0 Å². The van der Waals surface area contributed by atoms with E-state index >= 15 is 0 Å². The minimum atomic E-state index is 0.593. The molecule has 14 heavy (non-hydrogen) atoms. The topological polar surface area (TPSA) is 12.0 Å². The van der Waals surface area contributed by atoms with E-state index in [1.165, 1.54) is 32.1 Å². The normalized spacial score (nSPS) is 33.2. The zero-order valence-corrected chi connectivity index (χ0v) is 9.97. The molecule has 0 aromatic rings. The van der Waals surface area contributed by atoms with Crippen LogP contribution in [0.3, 0.4) is 0 Å². The van der Waals surface area contributed by atoms with Crippen LogP contribution < -0.4 is 5.32 Å². The third kappa shape index (κ3) is 1.98. The SMILES string of the molecule is CCNC(C1CC1)C1CCCC1(C)C. The third-order valence-electron chi connectivity index (χ3n) is 4.34. The summed E-state index contributed by atoms with van der Waals surface area (Å²) in [6.07, 6.45) is 7.30. The lowest BCUT2D eigenvalue weighted by molar-refractivity contribution is 0.183. The average Bonchev–Trinajstić information content (AvgIpc) is 2.88. The van der Waals surface area contributed by atoms with Gasteiger partial charge in [-0.15, -0.1) is 0 Å². The second-order valence-electron chi connectivity index (χ2n) is 5.91. The van der Waals surface area contributed by atoms with Crippen molar-refractivity contribution in [1.82, 2.24) is 5.32 Å². The van der Waals surface area contributed by atoms with Crippen molar-refractivity contribution in [1.29, 1.82) is 0 Å². The summed E-state index contributed by atoms with van der Waals surface area (Å²) in [5.74, 6) is 1.95. The molecule has 1 nitrogen and oxygen atoms in total. The molecule has 0 saturated heterocycles. The molecule has 1 heteroatoms. The summed E-state index contributed by atoms with van der Waals surface area (Å²) in [5, 5.41) is 3.74. The quantitative estimate of drug-likeness (QED) is 0.726. The van der Waals surface area contributed by atoms with Gasteiger partial charge in [0.05, 0.1) is 0 Å². The number of rotatable bonds is 4. The molecule has 2 aliphatic carbocycles. The van der Waals surface area contributed by atoms with Gasteiger partial charge in [0.1, 0.15) is 0 Å². The smallest absolute Gasteiger partial charge is 0.0129 e. The van der Waals surface area contributed by atoms with Crippen molar-refractivity contribution in [3.63, 3.8) is 0 Å². The lowest BCUT2D eigenvalue weighted by Crippen LogP contribution is -2.42. The monoisotopic (exact) mass is 195 g/mol. The van der Waals surface area contributed by atoms with Crippen LogP contribution in [0.15, 0.2) is 0 Å². The fraction of sp³-hybridized carbons (Fsp3) is 1.00. The van der Waals surface area contributed by atoms with Gasteiger partial charge >= 0.3 is 0 Å². The highest BCUT2D eigenvalue weighted by atomic mass is 14.9. The molecular weight excluding hydrogens is 170 g/mol. The molecule has 0 bridgehead atoms. The second kappa shape index (κ2) is 3.84. The standard InChI is InChI=1S/C13H25N/c1-4-14-12(10-7-8-10)11-6-5-9-13(11,2)3/h10-12,14H,4-9H2,1-3H3. The average molecular weight is 195 g/mol. The highest BCUT2D eigenvalue weighted by Crippen LogP contribution is 2.49. The Morgan fingerprint density at radius 2 is 2.00 bits per heavy atom. The molecule has 0 radical (unpaired) electrons.